The molecule has 96 valence electrons. The van der Waals surface area contributed by atoms with Crippen molar-refractivity contribution in [2.24, 2.45) is 0 Å². The molecule has 1 rings (SSSR count). The van der Waals surface area contributed by atoms with Gasteiger partial charge in [-0.2, -0.15) is 0 Å². The van der Waals surface area contributed by atoms with E-state index >= 15 is 0 Å². The molecular weight excluding hydrogens is 308 g/mol. The van der Waals surface area contributed by atoms with Crippen molar-refractivity contribution >= 4 is 31.6 Å². The van der Waals surface area contributed by atoms with Crippen molar-refractivity contribution in [3.8, 4) is 0 Å². The van der Waals surface area contributed by atoms with Gasteiger partial charge in [-0.25, -0.2) is 13.1 Å². The number of hydrogen-bond acceptors (Lipinski definition) is 4. The molecule has 0 unspecified atom stereocenters. The fourth-order valence-electron chi connectivity index (χ4n) is 1.26. The second kappa shape index (κ2) is 5.81. The van der Waals surface area contributed by atoms with Crippen molar-refractivity contribution < 1.29 is 13.5 Å². The molecule has 0 aliphatic carbocycles. The van der Waals surface area contributed by atoms with Crippen LogP contribution in [0.2, 0.25) is 0 Å². The number of nitrogens with two attached hydrogens (primary N) is 1. The quantitative estimate of drug-likeness (QED) is 0.707. The van der Waals surface area contributed by atoms with E-state index in [9.17, 15) is 8.42 Å². The molecule has 7 heteroatoms. The van der Waals surface area contributed by atoms with Crippen molar-refractivity contribution in [3.05, 3.63) is 22.7 Å². The zero-order chi connectivity index (χ0) is 13.1. The summed E-state index contributed by atoms with van der Waals surface area (Å²) in [7, 11) is -3.67. The van der Waals surface area contributed by atoms with Crippen LogP contribution in [0.5, 0.6) is 0 Å². The van der Waals surface area contributed by atoms with Crippen LogP contribution in [0.1, 0.15) is 13.3 Å². The molecular formula is C10H15BrN2O3S. The Morgan fingerprint density at radius 1 is 1.53 bits per heavy atom. The Morgan fingerprint density at radius 2 is 2.18 bits per heavy atom. The molecule has 0 radical (unpaired) electrons. The maximum absolute atomic E-state index is 12.0. The second-order valence-electron chi connectivity index (χ2n) is 3.60. The Labute approximate surface area is 109 Å². The first-order valence-corrected chi connectivity index (χ1v) is 7.36. The molecule has 1 atom stereocenters. The zero-order valence-electron chi connectivity index (χ0n) is 9.35. The Hall–Kier alpha value is -0.630. The summed E-state index contributed by atoms with van der Waals surface area (Å²) in [5, 5.41) is 9.00. The molecule has 4 N–H and O–H groups in total. The summed E-state index contributed by atoms with van der Waals surface area (Å²) in [5.74, 6) is 0. The van der Waals surface area contributed by atoms with Crippen LogP contribution < -0.4 is 10.5 Å². The molecule has 0 fully saturated rings. The first-order chi connectivity index (χ1) is 7.90. The molecule has 1 aromatic rings. The van der Waals surface area contributed by atoms with Gasteiger partial charge in [0.25, 0.3) is 0 Å². The molecule has 0 saturated heterocycles. The van der Waals surface area contributed by atoms with Crippen molar-refractivity contribution in [2.45, 2.75) is 24.3 Å². The lowest BCUT2D eigenvalue weighted by Crippen LogP contribution is -2.37. The average Bonchev–Trinajstić information content (AvgIpc) is 2.29. The molecule has 0 saturated carbocycles. The van der Waals surface area contributed by atoms with Gasteiger partial charge in [0.1, 0.15) is 0 Å². The number of sulfonamides is 1. The van der Waals surface area contributed by atoms with Crippen molar-refractivity contribution in [3.63, 3.8) is 0 Å². The van der Waals surface area contributed by atoms with Crippen LogP contribution in [0.15, 0.2) is 27.6 Å². The highest BCUT2D eigenvalue weighted by atomic mass is 79.9. The number of aliphatic hydroxyl groups is 1. The Kier molecular flexibility index (Phi) is 4.93. The Morgan fingerprint density at radius 3 is 2.71 bits per heavy atom. The molecule has 0 aliphatic heterocycles. The fourth-order valence-corrected chi connectivity index (χ4v) is 3.57. The molecule has 5 nitrogen and oxygen atoms in total. The minimum Gasteiger partial charge on any atom is -0.399 e. The van der Waals surface area contributed by atoms with Crippen LogP contribution in [-0.4, -0.2) is 26.2 Å². The monoisotopic (exact) mass is 322 g/mol. The third kappa shape index (κ3) is 3.67. The van der Waals surface area contributed by atoms with Crippen LogP contribution in [-0.2, 0) is 10.0 Å². The predicted octanol–water partition coefficient (Wildman–Crippen LogP) is 1.08. The summed E-state index contributed by atoms with van der Waals surface area (Å²) in [6, 6.07) is 4.06. The number of anilines is 1. The molecule has 0 bridgehead atoms. The topological polar surface area (TPSA) is 92.4 Å². The van der Waals surface area contributed by atoms with E-state index in [0.29, 0.717) is 16.6 Å². The normalized spacial score (nSPS) is 13.6. The van der Waals surface area contributed by atoms with E-state index in [1.807, 2.05) is 0 Å². The highest BCUT2D eigenvalue weighted by Crippen LogP contribution is 2.24. The van der Waals surface area contributed by atoms with Gasteiger partial charge >= 0.3 is 0 Å². The lowest BCUT2D eigenvalue weighted by Gasteiger charge is -2.15. The number of nitrogen functional groups attached to an aromatic ring is 1. The molecule has 0 amide bonds. The first kappa shape index (κ1) is 14.4. The summed E-state index contributed by atoms with van der Waals surface area (Å²) in [5.41, 5.74) is 5.92. The smallest absolute Gasteiger partial charge is 0.242 e. The Bertz CT molecular complexity index is 486. The van der Waals surface area contributed by atoms with E-state index in [2.05, 4.69) is 20.7 Å². The molecule has 1 aromatic carbocycles. The number of nitrogens with one attached hydrogen (secondary N) is 1. The number of benzene rings is 1. The van der Waals surface area contributed by atoms with Gasteiger partial charge in [-0.1, -0.05) is 6.92 Å². The molecule has 0 spiro atoms. The number of hydrogen-bond donors (Lipinski definition) is 3. The summed E-state index contributed by atoms with van der Waals surface area (Å²) < 4.78 is 26.9. The lowest BCUT2D eigenvalue weighted by atomic mass is 10.3. The van der Waals surface area contributed by atoms with Gasteiger partial charge in [-0.3, -0.25) is 0 Å². The van der Waals surface area contributed by atoms with Gasteiger partial charge in [0.2, 0.25) is 10.0 Å². The van der Waals surface area contributed by atoms with Gasteiger partial charge in [0.05, 0.1) is 11.5 Å². The fraction of sp³-hybridized carbons (Fsp3) is 0.400. The van der Waals surface area contributed by atoms with Gasteiger partial charge in [0, 0.05) is 16.2 Å². The average molecular weight is 323 g/mol. The van der Waals surface area contributed by atoms with E-state index in [0.717, 1.165) is 0 Å². The number of halogens is 1. The van der Waals surface area contributed by atoms with Crippen LogP contribution >= 0.6 is 15.9 Å². The number of rotatable bonds is 5. The molecule has 0 aliphatic rings. The maximum Gasteiger partial charge on any atom is 0.242 e. The van der Waals surface area contributed by atoms with Gasteiger partial charge in [0.15, 0.2) is 0 Å². The van der Waals surface area contributed by atoms with Gasteiger partial charge < -0.3 is 10.8 Å². The van der Waals surface area contributed by atoms with Crippen LogP contribution in [0.4, 0.5) is 5.69 Å². The number of aliphatic hydroxyl groups excluding tert-OH is 1. The standard InChI is InChI=1S/C10H15BrN2O3S/c1-2-8(6-14)13-17(15,16)10-5-7(12)3-4-9(10)11/h3-5,8,13-14H,2,6,12H2,1H3/t8-/m0/s1. The largest absolute Gasteiger partial charge is 0.399 e. The highest BCUT2D eigenvalue weighted by molar-refractivity contribution is 9.10. The second-order valence-corrected chi connectivity index (χ2v) is 6.14. The molecule has 0 aromatic heterocycles. The lowest BCUT2D eigenvalue weighted by molar-refractivity contribution is 0.254. The van der Waals surface area contributed by atoms with E-state index in [1.165, 1.54) is 6.07 Å². The SMILES string of the molecule is CC[C@@H](CO)NS(=O)(=O)c1cc(N)ccc1Br. The van der Waals surface area contributed by atoms with Crippen molar-refractivity contribution in [1.82, 2.24) is 4.72 Å². The maximum atomic E-state index is 12.0. The summed E-state index contributed by atoms with van der Waals surface area (Å²) >= 11 is 3.16. The van der Waals surface area contributed by atoms with Gasteiger partial charge in [-0.15, -0.1) is 0 Å². The minimum atomic E-state index is -3.67. The highest BCUT2D eigenvalue weighted by Gasteiger charge is 2.21. The third-order valence-corrected chi connectivity index (χ3v) is 4.79. The summed E-state index contributed by atoms with van der Waals surface area (Å²) in [6.45, 7) is 1.55. The van der Waals surface area contributed by atoms with E-state index in [1.54, 1.807) is 19.1 Å². The van der Waals surface area contributed by atoms with Gasteiger partial charge in [-0.05, 0) is 40.5 Å². The van der Waals surface area contributed by atoms with Crippen LogP contribution in [0, 0.1) is 0 Å². The zero-order valence-corrected chi connectivity index (χ0v) is 11.8. The summed E-state index contributed by atoms with van der Waals surface area (Å²) in [6.07, 6.45) is 0.510. The van der Waals surface area contributed by atoms with Crippen LogP contribution in [0.3, 0.4) is 0 Å². The van der Waals surface area contributed by atoms with Crippen LogP contribution in [0.25, 0.3) is 0 Å². The van der Waals surface area contributed by atoms with E-state index < -0.39 is 16.1 Å². The van der Waals surface area contributed by atoms with Crippen molar-refractivity contribution in [1.29, 1.82) is 0 Å². The first-order valence-electron chi connectivity index (χ1n) is 5.09. The van der Waals surface area contributed by atoms with E-state index in [-0.39, 0.29) is 11.5 Å². The molecule has 0 heterocycles. The summed E-state index contributed by atoms with van der Waals surface area (Å²) in [4.78, 5) is 0.0735. The Balaban J connectivity index is 3.09. The molecule has 17 heavy (non-hydrogen) atoms. The van der Waals surface area contributed by atoms with E-state index in [4.69, 9.17) is 10.8 Å². The predicted molar refractivity (Wildman–Crippen MR) is 70.0 cm³/mol. The third-order valence-electron chi connectivity index (χ3n) is 2.28. The van der Waals surface area contributed by atoms with Crippen molar-refractivity contribution in [2.75, 3.05) is 12.3 Å². The minimum absolute atomic E-state index is 0.0735.